The molecule has 0 spiro atoms. The molecule has 0 nitrogen and oxygen atoms in total. The van der Waals surface area contributed by atoms with Crippen molar-refractivity contribution in [2.45, 2.75) is 110 Å². The van der Waals surface area contributed by atoms with Crippen LogP contribution in [0.1, 0.15) is 105 Å². The van der Waals surface area contributed by atoms with Crippen molar-refractivity contribution in [1.29, 1.82) is 0 Å². The number of hydrogen-bond donors (Lipinski definition) is 1. The van der Waals surface area contributed by atoms with Gasteiger partial charge in [0.25, 0.3) is 0 Å². The topological polar surface area (TPSA) is 0 Å². The monoisotopic (exact) mass is 402 g/mol. The molecular weight excluding hydrogens is 356 g/mol. The Bertz CT molecular complexity index is 591. The molecule has 0 radical (unpaired) electrons. The van der Waals surface area contributed by atoms with Gasteiger partial charge in [0, 0.05) is 5.25 Å². The molecule has 4 unspecified atom stereocenters. The lowest BCUT2D eigenvalue weighted by molar-refractivity contribution is -0.0497. The second-order valence-corrected chi connectivity index (χ2v) is 12.9. The van der Waals surface area contributed by atoms with Gasteiger partial charge in [-0.2, -0.15) is 12.6 Å². The molecule has 0 aromatic carbocycles. The van der Waals surface area contributed by atoms with E-state index in [1.165, 1.54) is 70.6 Å². The number of allylic oxidation sites excluding steroid dienone is 2. The summed E-state index contributed by atoms with van der Waals surface area (Å²) < 4.78 is 0. The lowest BCUT2D eigenvalue weighted by atomic mass is 9.47. The second-order valence-electron chi connectivity index (χ2n) is 12.2. The fourth-order valence-electron chi connectivity index (χ4n) is 8.67. The van der Waals surface area contributed by atoms with E-state index in [4.69, 9.17) is 12.6 Å². The molecule has 0 heterocycles. The van der Waals surface area contributed by atoms with E-state index in [2.05, 4.69) is 40.7 Å². The van der Waals surface area contributed by atoms with E-state index in [1.54, 1.807) is 5.57 Å². The zero-order chi connectivity index (χ0) is 20.1. The molecule has 8 atom stereocenters. The van der Waals surface area contributed by atoms with Gasteiger partial charge in [-0.15, -0.1) is 0 Å². The van der Waals surface area contributed by atoms with E-state index in [0.717, 1.165) is 35.5 Å². The van der Waals surface area contributed by atoms with Gasteiger partial charge in [-0.1, -0.05) is 65.5 Å². The number of hydrogen-bond acceptors (Lipinski definition) is 1. The lowest BCUT2D eigenvalue weighted by Gasteiger charge is -2.58. The van der Waals surface area contributed by atoms with Gasteiger partial charge >= 0.3 is 0 Å². The van der Waals surface area contributed by atoms with Crippen molar-refractivity contribution in [2.75, 3.05) is 0 Å². The smallest absolute Gasteiger partial charge is 0.00545 e. The molecule has 0 saturated heterocycles. The average molecular weight is 403 g/mol. The van der Waals surface area contributed by atoms with Crippen LogP contribution < -0.4 is 0 Å². The lowest BCUT2D eigenvalue weighted by Crippen LogP contribution is -2.50. The molecule has 3 saturated carbocycles. The van der Waals surface area contributed by atoms with Gasteiger partial charge in [0.1, 0.15) is 0 Å². The quantitative estimate of drug-likeness (QED) is 0.347. The maximum absolute atomic E-state index is 4.84. The fraction of sp³-hybridized carbons (Fsp3) is 0.926. The third-order valence-corrected chi connectivity index (χ3v) is 10.7. The predicted molar refractivity (Wildman–Crippen MR) is 126 cm³/mol. The molecule has 0 aromatic rings. The molecule has 1 heteroatoms. The number of thiol groups is 1. The first-order chi connectivity index (χ1) is 13.3. The molecule has 0 aliphatic heterocycles. The molecule has 4 rings (SSSR count). The highest BCUT2D eigenvalue weighted by Crippen LogP contribution is 2.67. The van der Waals surface area contributed by atoms with Crippen LogP contribution in [0.25, 0.3) is 0 Å². The van der Waals surface area contributed by atoms with Crippen LogP contribution in [-0.4, -0.2) is 5.25 Å². The molecule has 4 aliphatic carbocycles. The fourth-order valence-corrected chi connectivity index (χ4v) is 8.99. The Labute approximate surface area is 181 Å². The van der Waals surface area contributed by atoms with Crippen LogP contribution in [0.3, 0.4) is 0 Å². The van der Waals surface area contributed by atoms with E-state index in [1.807, 2.05) is 0 Å². The number of fused-ring (bicyclic) bond motifs is 5. The zero-order valence-electron chi connectivity index (χ0n) is 19.3. The summed E-state index contributed by atoms with van der Waals surface area (Å²) in [6.45, 7) is 12.7. The SMILES string of the molecule is CC(C)CCCC(C)[C@H]1CCC2C3CC=C4C[C@@H](S)CC[C@]4(C)C3CC[C@@]21C. The van der Waals surface area contributed by atoms with Crippen molar-refractivity contribution in [3.8, 4) is 0 Å². The van der Waals surface area contributed by atoms with Crippen molar-refractivity contribution in [1.82, 2.24) is 0 Å². The minimum Gasteiger partial charge on any atom is -0.176 e. The van der Waals surface area contributed by atoms with Gasteiger partial charge in [0.15, 0.2) is 0 Å². The van der Waals surface area contributed by atoms with Crippen molar-refractivity contribution in [3.05, 3.63) is 11.6 Å². The summed E-state index contributed by atoms with van der Waals surface area (Å²) in [4.78, 5) is 0. The first kappa shape index (κ1) is 21.3. The van der Waals surface area contributed by atoms with Gasteiger partial charge in [-0.3, -0.25) is 0 Å². The molecule has 160 valence electrons. The minimum absolute atomic E-state index is 0.504. The standard InChI is InChI=1S/C27H46S/c1-18(2)7-6-8-19(3)23-11-12-24-22-10-9-20-17-21(28)13-15-26(20,4)25(22)14-16-27(23,24)5/h9,18-19,21-25,28H,6-8,10-17H2,1-5H3/t19?,21-,22?,23+,24?,25?,26-,27+/m0/s1. The van der Waals surface area contributed by atoms with E-state index in [9.17, 15) is 0 Å². The largest absolute Gasteiger partial charge is 0.176 e. The maximum Gasteiger partial charge on any atom is 0.00545 e. The van der Waals surface area contributed by atoms with Crippen LogP contribution in [0.2, 0.25) is 0 Å². The minimum atomic E-state index is 0.504. The molecule has 0 amide bonds. The molecular formula is C27H46S. The van der Waals surface area contributed by atoms with Crippen molar-refractivity contribution in [3.63, 3.8) is 0 Å². The summed E-state index contributed by atoms with van der Waals surface area (Å²) in [6.07, 6.45) is 18.4. The predicted octanol–water partition coefficient (Wildman–Crippen LogP) is 8.33. The van der Waals surface area contributed by atoms with Gasteiger partial charge in [0.05, 0.1) is 0 Å². The Morgan fingerprint density at radius 2 is 1.79 bits per heavy atom. The molecule has 0 N–H and O–H groups in total. The summed E-state index contributed by atoms with van der Waals surface area (Å²) in [6, 6.07) is 0. The summed E-state index contributed by atoms with van der Waals surface area (Å²) in [7, 11) is 0. The van der Waals surface area contributed by atoms with Gasteiger partial charge in [-0.25, -0.2) is 0 Å². The van der Waals surface area contributed by atoms with Crippen molar-refractivity contribution < 1.29 is 0 Å². The second kappa shape index (κ2) is 7.97. The number of rotatable bonds is 5. The Balaban J connectivity index is 1.49. The molecule has 0 aromatic heterocycles. The highest BCUT2D eigenvalue weighted by molar-refractivity contribution is 7.80. The van der Waals surface area contributed by atoms with Gasteiger partial charge in [-0.05, 0) is 97.7 Å². The first-order valence-electron chi connectivity index (χ1n) is 12.6. The highest BCUT2D eigenvalue weighted by atomic mass is 32.1. The third-order valence-electron chi connectivity index (χ3n) is 10.3. The van der Waals surface area contributed by atoms with E-state index >= 15 is 0 Å². The van der Waals surface area contributed by atoms with Crippen molar-refractivity contribution >= 4 is 12.6 Å². The Morgan fingerprint density at radius 1 is 1.00 bits per heavy atom. The third kappa shape index (κ3) is 3.54. The summed E-state index contributed by atoms with van der Waals surface area (Å²) >= 11 is 4.84. The Morgan fingerprint density at radius 3 is 2.54 bits per heavy atom. The van der Waals surface area contributed by atoms with Crippen LogP contribution in [0.5, 0.6) is 0 Å². The van der Waals surface area contributed by atoms with Crippen LogP contribution in [-0.2, 0) is 0 Å². The molecule has 28 heavy (non-hydrogen) atoms. The maximum atomic E-state index is 4.84. The van der Waals surface area contributed by atoms with E-state index < -0.39 is 0 Å². The van der Waals surface area contributed by atoms with E-state index in [-0.39, 0.29) is 0 Å². The summed E-state index contributed by atoms with van der Waals surface area (Å²) in [5, 5.41) is 0.618. The first-order valence-corrected chi connectivity index (χ1v) is 13.1. The van der Waals surface area contributed by atoms with Crippen molar-refractivity contribution in [2.24, 2.45) is 46.3 Å². The van der Waals surface area contributed by atoms with Crippen LogP contribution in [0, 0.1) is 46.3 Å². The Hall–Kier alpha value is 0.0900. The molecule has 4 aliphatic rings. The molecule has 0 bridgehead atoms. The van der Waals surface area contributed by atoms with E-state index in [0.29, 0.717) is 16.1 Å². The van der Waals surface area contributed by atoms with Crippen LogP contribution in [0.4, 0.5) is 0 Å². The zero-order valence-corrected chi connectivity index (χ0v) is 20.2. The van der Waals surface area contributed by atoms with Gasteiger partial charge < -0.3 is 0 Å². The normalized spacial score (nSPS) is 46.5. The summed E-state index contributed by atoms with van der Waals surface area (Å²) in [5.41, 5.74) is 2.92. The van der Waals surface area contributed by atoms with Crippen LogP contribution >= 0.6 is 12.6 Å². The molecule has 3 fully saturated rings. The van der Waals surface area contributed by atoms with Crippen LogP contribution in [0.15, 0.2) is 11.6 Å². The summed E-state index contributed by atoms with van der Waals surface area (Å²) in [5.74, 6) is 5.70. The van der Waals surface area contributed by atoms with Gasteiger partial charge in [0.2, 0.25) is 0 Å². The average Bonchev–Trinajstić information content (AvgIpc) is 2.99. The highest BCUT2D eigenvalue weighted by Gasteiger charge is 2.58. The Kier molecular flexibility index (Phi) is 6.07.